The molecule has 6 nitrogen and oxygen atoms in total. The lowest BCUT2D eigenvalue weighted by molar-refractivity contribution is -0.385. The lowest BCUT2D eigenvalue weighted by Gasteiger charge is -2.29. The molecule has 1 aromatic carbocycles. The van der Waals surface area contributed by atoms with E-state index in [2.05, 4.69) is 5.32 Å². The number of amides is 1. The van der Waals surface area contributed by atoms with E-state index in [0.717, 1.165) is 43.9 Å². The van der Waals surface area contributed by atoms with Gasteiger partial charge in [-0.3, -0.25) is 14.9 Å². The number of benzene rings is 1. The van der Waals surface area contributed by atoms with Crippen LogP contribution in [-0.2, 0) is 4.79 Å². The third-order valence-corrected chi connectivity index (χ3v) is 3.91. The standard InChI is InChI=1S/C14H18FN3O3/c15-10-5-11(7-12(6-10)18(20)21)17-14(19)13-4-2-1-3-9(13)8-16/h5-7,9,13H,1-4,8,16H2,(H,17,19). The molecule has 1 aromatic rings. The van der Waals surface area contributed by atoms with Gasteiger partial charge >= 0.3 is 0 Å². The Kier molecular flexibility index (Phi) is 4.85. The van der Waals surface area contributed by atoms with Crippen molar-refractivity contribution in [3.63, 3.8) is 0 Å². The van der Waals surface area contributed by atoms with E-state index in [0.29, 0.717) is 6.54 Å². The molecule has 0 aliphatic heterocycles. The van der Waals surface area contributed by atoms with Gasteiger partial charge in [-0.25, -0.2) is 4.39 Å². The fourth-order valence-electron chi connectivity index (χ4n) is 2.82. The first kappa shape index (κ1) is 15.4. The van der Waals surface area contributed by atoms with Crippen molar-refractivity contribution in [1.82, 2.24) is 0 Å². The fourth-order valence-corrected chi connectivity index (χ4v) is 2.82. The first-order valence-corrected chi connectivity index (χ1v) is 6.97. The number of nitro benzene ring substituents is 1. The Labute approximate surface area is 121 Å². The van der Waals surface area contributed by atoms with Crippen LogP contribution in [0.5, 0.6) is 0 Å². The van der Waals surface area contributed by atoms with Crippen LogP contribution < -0.4 is 11.1 Å². The largest absolute Gasteiger partial charge is 0.330 e. The zero-order chi connectivity index (χ0) is 15.4. The van der Waals surface area contributed by atoms with Crippen molar-refractivity contribution >= 4 is 17.3 Å². The molecule has 0 heterocycles. The number of hydrogen-bond acceptors (Lipinski definition) is 4. The van der Waals surface area contributed by atoms with E-state index < -0.39 is 10.7 Å². The Bertz CT molecular complexity index is 550. The van der Waals surface area contributed by atoms with Crippen LogP contribution in [0.1, 0.15) is 25.7 Å². The molecule has 2 unspecified atom stereocenters. The molecule has 1 amide bonds. The summed E-state index contributed by atoms with van der Waals surface area (Å²) in [6.45, 7) is 0.432. The molecular weight excluding hydrogens is 277 g/mol. The van der Waals surface area contributed by atoms with Crippen molar-refractivity contribution in [3.05, 3.63) is 34.1 Å². The van der Waals surface area contributed by atoms with Gasteiger partial charge in [0, 0.05) is 12.0 Å². The van der Waals surface area contributed by atoms with Crippen molar-refractivity contribution in [2.24, 2.45) is 17.6 Å². The number of nitrogens with two attached hydrogens (primary N) is 1. The number of nitrogens with one attached hydrogen (secondary N) is 1. The van der Waals surface area contributed by atoms with E-state index in [1.54, 1.807) is 0 Å². The molecule has 3 N–H and O–H groups in total. The molecule has 0 saturated heterocycles. The maximum Gasteiger partial charge on any atom is 0.274 e. The first-order chi connectivity index (χ1) is 10.0. The lowest BCUT2D eigenvalue weighted by atomic mass is 9.78. The summed E-state index contributed by atoms with van der Waals surface area (Å²) in [7, 11) is 0. The molecule has 1 aliphatic carbocycles. The number of nitrogens with zero attached hydrogens (tertiary/aromatic N) is 1. The number of nitro groups is 1. The number of rotatable bonds is 4. The minimum Gasteiger partial charge on any atom is -0.330 e. The van der Waals surface area contributed by atoms with Gasteiger partial charge in [0.05, 0.1) is 16.7 Å². The summed E-state index contributed by atoms with van der Waals surface area (Å²) in [5.41, 5.74) is 5.40. The van der Waals surface area contributed by atoms with Crippen LogP contribution in [0.25, 0.3) is 0 Å². The van der Waals surface area contributed by atoms with Gasteiger partial charge in [-0.2, -0.15) is 0 Å². The van der Waals surface area contributed by atoms with E-state index in [4.69, 9.17) is 5.73 Å². The molecule has 1 aliphatic rings. The number of non-ortho nitro benzene ring substituents is 1. The highest BCUT2D eigenvalue weighted by Gasteiger charge is 2.30. The SMILES string of the molecule is NCC1CCCCC1C(=O)Nc1cc(F)cc([N+](=O)[O-])c1. The molecule has 21 heavy (non-hydrogen) atoms. The van der Waals surface area contributed by atoms with Gasteiger partial charge < -0.3 is 11.1 Å². The van der Waals surface area contributed by atoms with Crippen LogP contribution in [-0.4, -0.2) is 17.4 Å². The number of hydrogen-bond donors (Lipinski definition) is 2. The van der Waals surface area contributed by atoms with Gasteiger partial charge in [0.15, 0.2) is 0 Å². The highest BCUT2D eigenvalue weighted by molar-refractivity contribution is 5.93. The van der Waals surface area contributed by atoms with Crippen molar-refractivity contribution < 1.29 is 14.1 Å². The summed E-state index contributed by atoms with van der Waals surface area (Å²) in [5.74, 6) is -1.10. The topological polar surface area (TPSA) is 98.3 Å². The average molecular weight is 295 g/mol. The molecule has 0 spiro atoms. The molecule has 0 radical (unpaired) electrons. The van der Waals surface area contributed by atoms with Gasteiger partial charge in [0.2, 0.25) is 5.91 Å². The molecule has 1 saturated carbocycles. The number of carbonyl (C=O) groups is 1. The minimum atomic E-state index is -0.751. The minimum absolute atomic E-state index is 0.105. The van der Waals surface area contributed by atoms with Crippen molar-refractivity contribution in [2.75, 3.05) is 11.9 Å². The van der Waals surface area contributed by atoms with Crippen LogP contribution in [0.4, 0.5) is 15.8 Å². The normalized spacial score (nSPS) is 21.8. The second-order valence-electron chi connectivity index (χ2n) is 5.33. The molecule has 2 rings (SSSR count). The zero-order valence-corrected chi connectivity index (χ0v) is 11.5. The second kappa shape index (κ2) is 6.62. The molecule has 0 aromatic heterocycles. The number of halogens is 1. The molecule has 1 fully saturated rings. The quantitative estimate of drug-likeness (QED) is 0.658. The van der Waals surface area contributed by atoms with Crippen LogP contribution in [0, 0.1) is 27.8 Å². The van der Waals surface area contributed by atoms with Crippen molar-refractivity contribution in [2.45, 2.75) is 25.7 Å². The van der Waals surface area contributed by atoms with E-state index in [9.17, 15) is 19.3 Å². The monoisotopic (exact) mass is 295 g/mol. The summed E-state index contributed by atoms with van der Waals surface area (Å²) in [6.07, 6.45) is 3.65. The van der Waals surface area contributed by atoms with E-state index >= 15 is 0 Å². The first-order valence-electron chi connectivity index (χ1n) is 6.97. The van der Waals surface area contributed by atoms with Gasteiger partial charge in [0.25, 0.3) is 5.69 Å². The summed E-state index contributed by atoms with van der Waals surface area (Å²) in [4.78, 5) is 22.3. The molecule has 114 valence electrons. The second-order valence-corrected chi connectivity index (χ2v) is 5.33. The summed E-state index contributed by atoms with van der Waals surface area (Å²) in [5, 5.41) is 13.3. The van der Waals surface area contributed by atoms with E-state index in [1.807, 2.05) is 0 Å². The molecule has 0 bridgehead atoms. The van der Waals surface area contributed by atoms with Gasteiger partial charge in [-0.1, -0.05) is 12.8 Å². The maximum absolute atomic E-state index is 13.3. The predicted molar refractivity (Wildman–Crippen MR) is 76.2 cm³/mol. The Balaban J connectivity index is 2.13. The van der Waals surface area contributed by atoms with Crippen LogP contribution in [0.2, 0.25) is 0 Å². The predicted octanol–water partition coefficient (Wildman–Crippen LogP) is 2.44. The third-order valence-electron chi connectivity index (χ3n) is 3.91. The maximum atomic E-state index is 13.3. The van der Waals surface area contributed by atoms with Crippen molar-refractivity contribution in [3.8, 4) is 0 Å². The Morgan fingerprint density at radius 1 is 1.38 bits per heavy atom. The van der Waals surface area contributed by atoms with Crippen LogP contribution in [0.15, 0.2) is 18.2 Å². The summed E-state index contributed by atoms with van der Waals surface area (Å²) < 4.78 is 13.3. The molecule has 2 atom stereocenters. The van der Waals surface area contributed by atoms with E-state index in [1.165, 1.54) is 0 Å². The third kappa shape index (κ3) is 3.75. The Hall–Kier alpha value is -2.02. The number of carbonyl (C=O) groups excluding carboxylic acids is 1. The summed E-state index contributed by atoms with van der Waals surface area (Å²) >= 11 is 0. The highest BCUT2D eigenvalue weighted by Crippen LogP contribution is 2.30. The van der Waals surface area contributed by atoms with Gasteiger partial charge in [0.1, 0.15) is 5.82 Å². The Morgan fingerprint density at radius 2 is 2.10 bits per heavy atom. The smallest absolute Gasteiger partial charge is 0.274 e. The average Bonchev–Trinajstić information content (AvgIpc) is 2.46. The lowest BCUT2D eigenvalue weighted by Crippen LogP contribution is -2.35. The zero-order valence-electron chi connectivity index (χ0n) is 11.5. The van der Waals surface area contributed by atoms with E-state index in [-0.39, 0.29) is 29.1 Å². The molecule has 7 heteroatoms. The van der Waals surface area contributed by atoms with Crippen LogP contribution in [0.3, 0.4) is 0 Å². The van der Waals surface area contributed by atoms with Crippen molar-refractivity contribution in [1.29, 1.82) is 0 Å². The van der Waals surface area contributed by atoms with Gasteiger partial charge in [-0.15, -0.1) is 0 Å². The number of anilines is 1. The van der Waals surface area contributed by atoms with Gasteiger partial charge in [-0.05, 0) is 31.4 Å². The molecular formula is C14H18FN3O3. The van der Waals surface area contributed by atoms with Crippen LogP contribution >= 0.6 is 0 Å². The highest BCUT2D eigenvalue weighted by atomic mass is 19.1. The fraction of sp³-hybridized carbons (Fsp3) is 0.500. The summed E-state index contributed by atoms with van der Waals surface area (Å²) in [6, 6.07) is 3.05. The Morgan fingerprint density at radius 3 is 2.76 bits per heavy atom.